The lowest BCUT2D eigenvalue weighted by atomic mass is 10.1. The maximum absolute atomic E-state index is 14.1. The molecule has 1 aliphatic heterocycles. The Morgan fingerprint density at radius 2 is 2.12 bits per heavy atom. The first-order chi connectivity index (χ1) is 12.6. The number of carbonyl (C=O) groups excluding carboxylic acids is 2. The Balaban J connectivity index is 1.49. The predicted molar refractivity (Wildman–Crippen MR) is 92.6 cm³/mol. The van der Waals surface area contributed by atoms with Gasteiger partial charge in [-0.1, -0.05) is 6.07 Å². The van der Waals surface area contributed by atoms with Crippen molar-refractivity contribution < 1.29 is 14.0 Å². The van der Waals surface area contributed by atoms with Crippen LogP contribution in [0.2, 0.25) is 0 Å². The van der Waals surface area contributed by atoms with Crippen LogP contribution in [0.15, 0.2) is 42.7 Å². The van der Waals surface area contributed by atoms with Crippen LogP contribution in [0.1, 0.15) is 12.0 Å². The number of aromatic amines is 1. The fourth-order valence-electron chi connectivity index (χ4n) is 3.13. The van der Waals surface area contributed by atoms with Crippen molar-refractivity contribution in [2.75, 3.05) is 11.4 Å². The zero-order chi connectivity index (χ0) is 18.1. The van der Waals surface area contributed by atoms with E-state index in [1.54, 1.807) is 24.5 Å². The Hall–Kier alpha value is -3.29. The van der Waals surface area contributed by atoms with Crippen molar-refractivity contribution in [3.05, 3.63) is 54.1 Å². The van der Waals surface area contributed by atoms with Gasteiger partial charge in [-0.25, -0.2) is 4.39 Å². The largest absolute Gasteiger partial charge is 0.352 e. The van der Waals surface area contributed by atoms with Gasteiger partial charge in [0.25, 0.3) is 0 Å². The van der Waals surface area contributed by atoms with Crippen LogP contribution < -0.4 is 10.2 Å². The van der Waals surface area contributed by atoms with Crippen LogP contribution in [0.4, 0.5) is 10.2 Å². The van der Waals surface area contributed by atoms with Crippen LogP contribution in [0.25, 0.3) is 10.9 Å². The number of halogens is 1. The second-order valence-electron chi connectivity index (χ2n) is 6.19. The lowest BCUT2D eigenvalue weighted by Gasteiger charge is -2.14. The van der Waals surface area contributed by atoms with Crippen LogP contribution in [0.5, 0.6) is 0 Å². The summed E-state index contributed by atoms with van der Waals surface area (Å²) in [5.41, 5.74) is 1.44. The Kier molecular flexibility index (Phi) is 4.08. The van der Waals surface area contributed by atoms with E-state index in [-0.39, 0.29) is 36.0 Å². The summed E-state index contributed by atoms with van der Waals surface area (Å²) in [6, 6.07) is 8.20. The molecule has 0 aliphatic carbocycles. The predicted octanol–water partition coefficient (Wildman–Crippen LogP) is 1.77. The average Bonchev–Trinajstić information content (AvgIpc) is 3.25. The van der Waals surface area contributed by atoms with Crippen LogP contribution >= 0.6 is 0 Å². The van der Waals surface area contributed by atoms with Crippen molar-refractivity contribution in [2.24, 2.45) is 5.92 Å². The lowest BCUT2D eigenvalue weighted by molar-refractivity contribution is -0.126. The van der Waals surface area contributed by atoms with Gasteiger partial charge in [-0.3, -0.25) is 24.6 Å². The van der Waals surface area contributed by atoms with Crippen LogP contribution in [0.3, 0.4) is 0 Å². The molecule has 8 heteroatoms. The summed E-state index contributed by atoms with van der Waals surface area (Å²) in [5.74, 6) is -1.18. The SMILES string of the molecule is O=C(NCc1ccncc1)[C@@H]1CC(=O)N(c2n[nH]c3cccc(F)c23)C1. The molecule has 2 aromatic heterocycles. The van der Waals surface area contributed by atoms with Crippen molar-refractivity contribution in [3.63, 3.8) is 0 Å². The number of anilines is 1. The molecule has 26 heavy (non-hydrogen) atoms. The number of nitrogens with one attached hydrogen (secondary N) is 2. The topological polar surface area (TPSA) is 91.0 Å². The third-order valence-electron chi connectivity index (χ3n) is 4.49. The van der Waals surface area contributed by atoms with E-state index >= 15 is 0 Å². The number of amides is 2. The van der Waals surface area contributed by atoms with Gasteiger partial charge in [-0.15, -0.1) is 0 Å². The maximum atomic E-state index is 14.1. The fraction of sp³-hybridized carbons (Fsp3) is 0.222. The van der Waals surface area contributed by atoms with Gasteiger partial charge in [0.1, 0.15) is 5.82 Å². The number of carbonyl (C=O) groups is 2. The number of aromatic nitrogens is 3. The minimum absolute atomic E-state index is 0.0744. The van der Waals surface area contributed by atoms with E-state index < -0.39 is 11.7 Å². The summed E-state index contributed by atoms with van der Waals surface area (Å²) in [4.78, 5) is 30.1. The van der Waals surface area contributed by atoms with Gasteiger partial charge in [-0.2, -0.15) is 5.10 Å². The second-order valence-corrected chi connectivity index (χ2v) is 6.19. The number of nitrogens with zero attached hydrogens (tertiary/aromatic N) is 3. The molecule has 1 aliphatic rings. The van der Waals surface area contributed by atoms with Gasteiger partial charge < -0.3 is 5.32 Å². The first kappa shape index (κ1) is 16.2. The van der Waals surface area contributed by atoms with Crippen molar-refractivity contribution in [2.45, 2.75) is 13.0 Å². The first-order valence-electron chi connectivity index (χ1n) is 8.23. The third kappa shape index (κ3) is 2.90. The van der Waals surface area contributed by atoms with Crippen molar-refractivity contribution in [3.8, 4) is 0 Å². The molecule has 4 rings (SSSR count). The monoisotopic (exact) mass is 353 g/mol. The number of pyridine rings is 1. The highest BCUT2D eigenvalue weighted by molar-refractivity contribution is 6.05. The van der Waals surface area contributed by atoms with E-state index in [4.69, 9.17) is 0 Å². The molecule has 1 fully saturated rings. The van der Waals surface area contributed by atoms with Crippen LogP contribution in [-0.4, -0.2) is 33.5 Å². The Bertz CT molecular complexity index is 972. The standard InChI is InChI=1S/C18H16FN5O2/c19-13-2-1-3-14-16(13)17(23-22-14)24-10-12(8-15(24)25)18(26)21-9-11-4-6-20-7-5-11/h1-7,12H,8-10H2,(H,21,26)(H,22,23)/t12-/m1/s1. The zero-order valence-electron chi connectivity index (χ0n) is 13.8. The second kappa shape index (κ2) is 6.55. The molecule has 3 aromatic rings. The Morgan fingerprint density at radius 3 is 2.92 bits per heavy atom. The molecule has 7 nitrogen and oxygen atoms in total. The molecule has 3 heterocycles. The first-order valence-corrected chi connectivity index (χ1v) is 8.23. The molecule has 0 unspecified atom stereocenters. The summed E-state index contributed by atoms with van der Waals surface area (Å²) >= 11 is 0. The van der Waals surface area contributed by atoms with Crippen molar-refractivity contribution in [1.29, 1.82) is 0 Å². The molecule has 0 bridgehead atoms. The molecule has 0 spiro atoms. The van der Waals surface area contributed by atoms with Gasteiger partial charge in [0, 0.05) is 31.9 Å². The molecule has 0 radical (unpaired) electrons. The van der Waals surface area contributed by atoms with Crippen LogP contribution in [0, 0.1) is 11.7 Å². The molecule has 132 valence electrons. The normalized spacial score (nSPS) is 17.0. The molecule has 2 amide bonds. The smallest absolute Gasteiger partial charge is 0.229 e. The van der Waals surface area contributed by atoms with Crippen molar-refractivity contribution >= 4 is 28.5 Å². The van der Waals surface area contributed by atoms with Gasteiger partial charge >= 0.3 is 0 Å². The van der Waals surface area contributed by atoms with Gasteiger partial charge in [0.2, 0.25) is 11.8 Å². The van der Waals surface area contributed by atoms with E-state index in [0.29, 0.717) is 12.1 Å². The average molecular weight is 353 g/mol. The number of rotatable bonds is 4. The summed E-state index contributed by atoms with van der Waals surface area (Å²) < 4.78 is 14.1. The number of hydrogen-bond acceptors (Lipinski definition) is 4. The Labute approximate surface area is 148 Å². The number of benzene rings is 1. The summed E-state index contributed by atoms with van der Waals surface area (Å²) in [5, 5.41) is 9.89. The highest BCUT2D eigenvalue weighted by Crippen LogP contribution is 2.31. The summed E-state index contributed by atoms with van der Waals surface area (Å²) in [6.45, 7) is 0.543. The minimum Gasteiger partial charge on any atom is -0.352 e. The minimum atomic E-state index is -0.497. The molecule has 1 aromatic carbocycles. The third-order valence-corrected chi connectivity index (χ3v) is 4.49. The van der Waals surface area contributed by atoms with E-state index in [9.17, 15) is 14.0 Å². The Morgan fingerprint density at radius 1 is 1.31 bits per heavy atom. The molecule has 2 N–H and O–H groups in total. The fourth-order valence-corrected chi connectivity index (χ4v) is 3.13. The number of H-pyrrole nitrogens is 1. The number of hydrogen-bond donors (Lipinski definition) is 2. The summed E-state index contributed by atoms with van der Waals surface area (Å²) in [6.07, 6.45) is 3.38. The van der Waals surface area contributed by atoms with Gasteiger partial charge in [0.15, 0.2) is 5.82 Å². The molecular formula is C18H16FN5O2. The molecule has 0 saturated carbocycles. The number of fused-ring (bicyclic) bond motifs is 1. The van der Waals surface area contributed by atoms with E-state index in [1.165, 1.54) is 11.0 Å². The van der Waals surface area contributed by atoms with Crippen molar-refractivity contribution in [1.82, 2.24) is 20.5 Å². The zero-order valence-corrected chi connectivity index (χ0v) is 13.8. The molecular weight excluding hydrogens is 337 g/mol. The van der Waals surface area contributed by atoms with Gasteiger partial charge in [-0.05, 0) is 29.8 Å². The van der Waals surface area contributed by atoms with E-state index in [2.05, 4.69) is 20.5 Å². The lowest BCUT2D eigenvalue weighted by Crippen LogP contribution is -2.32. The van der Waals surface area contributed by atoms with E-state index in [1.807, 2.05) is 12.1 Å². The highest BCUT2D eigenvalue weighted by Gasteiger charge is 2.37. The highest BCUT2D eigenvalue weighted by atomic mass is 19.1. The molecule has 1 saturated heterocycles. The molecule has 1 atom stereocenters. The van der Waals surface area contributed by atoms with E-state index in [0.717, 1.165) is 5.56 Å². The van der Waals surface area contributed by atoms with Gasteiger partial charge in [0.05, 0.1) is 16.8 Å². The van der Waals surface area contributed by atoms with Crippen LogP contribution in [-0.2, 0) is 16.1 Å². The maximum Gasteiger partial charge on any atom is 0.229 e. The quantitative estimate of drug-likeness (QED) is 0.748. The summed E-state index contributed by atoms with van der Waals surface area (Å²) in [7, 11) is 0.